The molecule has 6 nitrogen and oxygen atoms in total. The topological polar surface area (TPSA) is 63.1 Å². The van der Waals surface area contributed by atoms with Crippen molar-refractivity contribution in [2.24, 2.45) is 12.5 Å². The zero-order chi connectivity index (χ0) is 18.9. The SMILES string of the molecule is CNC(=O)c1c(N2CCCC(C)(C)CC2)ncc(-c2cnn(C)c2)c1C. The molecule has 1 amide bonds. The molecule has 26 heavy (non-hydrogen) atoms. The predicted molar refractivity (Wildman–Crippen MR) is 104 cm³/mol. The van der Waals surface area contributed by atoms with Gasteiger partial charge in [-0.25, -0.2) is 4.98 Å². The van der Waals surface area contributed by atoms with Crippen LogP contribution in [0.2, 0.25) is 0 Å². The molecule has 2 aromatic heterocycles. The van der Waals surface area contributed by atoms with E-state index in [9.17, 15) is 4.79 Å². The number of hydrogen-bond acceptors (Lipinski definition) is 4. The molecule has 0 radical (unpaired) electrons. The molecule has 0 spiro atoms. The first kappa shape index (κ1) is 18.4. The summed E-state index contributed by atoms with van der Waals surface area (Å²) >= 11 is 0. The van der Waals surface area contributed by atoms with Crippen molar-refractivity contribution in [1.29, 1.82) is 0 Å². The predicted octanol–water partition coefficient (Wildman–Crippen LogP) is 3.17. The largest absolute Gasteiger partial charge is 0.356 e. The lowest BCUT2D eigenvalue weighted by atomic mass is 9.85. The number of hydrogen-bond donors (Lipinski definition) is 1. The number of amides is 1. The molecular weight excluding hydrogens is 326 g/mol. The maximum Gasteiger partial charge on any atom is 0.255 e. The highest BCUT2D eigenvalue weighted by Crippen LogP contribution is 2.34. The number of rotatable bonds is 3. The maximum atomic E-state index is 12.7. The standard InChI is InChI=1S/C20H29N5O/c1-14-16(15-11-23-24(5)13-15)12-22-18(17(14)19(26)21-4)25-9-6-7-20(2,3)8-10-25/h11-13H,6-10H2,1-5H3,(H,21,26). The number of aromatic nitrogens is 3. The number of aryl methyl sites for hydroxylation is 1. The van der Waals surface area contributed by atoms with Crippen LogP contribution in [-0.2, 0) is 7.05 Å². The second-order valence-corrected chi connectivity index (χ2v) is 7.98. The van der Waals surface area contributed by atoms with E-state index in [4.69, 9.17) is 4.98 Å². The van der Waals surface area contributed by atoms with Crippen LogP contribution in [0.25, 0.3) is 11.1 Å². The Bertz CT molecular complexity index is 809. The average Bonchev–Trinajstić information content (AvgIpc) is 2.94. The van der Waals surface area contributed by atoms with Gasteiger partial charge in [-0.1, -0.05) is 13.8 Å². The molecule has 0 aliphatic carbocycles. The summed E-state index contributed by atoms with van der Waals surface area (Å²) in [6, 6.07) is 0. The van der Waals surface area contributed by atoms with Gasteiger partial charge in [0.25, 0.3) is 5.91 Å². The molecule has 0 bridgehead atoms. The van der Waals surface area contributed by atoms with E-state index in [0.29, 0.717) is 11.0 Å². The first-order valence-corrected chi connectivity index (χ1v) is 9.28. The van der Waals surface area contributed by atoms with Gasteiger partial charge in [-0.2, -0.15) is 5.10 Å². The van der Waals surface area contributed by atoms with Crippen molar-refractivity contribution >= 4 is 11.7 Å². The summed E-state index contributed by atoms with van der Waals surface area (Å²) in [5.74, 6) is 0.714. The zero-order valence-electron chi connectivity index (χ0n) is 16.5. The molecule has 0 unspecified atom stereocenters. The fraction of sp³-hybridized carbons (Fsp3) is 0.550. The summed E-state index contributed by atoms with van der Waals surface area (Å²) in [5.41, 5.74) is 3.90. The van der Waals surface area contributed by atoms with Crippen molar-refractivity contribution in [3.05, 3.63) is 29.7 Å². The Morgan fingerprint density at radius 3 is 2.65 bits per heavy atom. The second kappa shape index (κ2) is 7.09. The smallest absolute Gasteiger partial charge is 0.255 e. The Balaban J connectivity index is 2.05. The third-order valence-corrected chi connectivity index (χ3v) is 5.43. The molecule has 1 aliphatic heterocycles. The minimum atomic E-state index is -0.0840. The average molecular weight is 355 g/mol. The molecule has 0 aromatic carbocycles. The maximum absolute atomic E-state index is 12.7. The van der Waals surface area contributed by atoms with Crippen molar-refractivity contribution < 1.29 is 4.79 Å². The van der Waals surface area contributed by atoms with Crippen molar-refractivity contribution in [3.8, 4) is 11.1 Å². The van der Waals surface area contributed by atoms with E-state index >= 15 is 0 Å². The van der Waals surface area contributed by atoms with Crippen LogP contribution in [0.4, 0.5) is 5.82 Å². The molecule has 2 aromatic rings. The van der Waals surface area contributed by atoms with Gasteiger partial charge in [0.15, 0.2) is 0 Å². The van der Waals surface area contributed by atoms with Gasteiger partial charge < -0.3 is 10.2 Å². The summed E-state index contributed by atoms with van der Waals surface area (Å²) in [4.78, 5) is 19.7. The molecule has 3 heterocycles. The van der Waals surface area contributed by atoms with Gasteiger partial charge in [-0.3, -0.25) is 9.48 Å². The number of nitrogens with zero attached hydrogens (tertiary/aromatic N) is 4. The van der Waals surface area contributed by atoms with Gasteiger partial charge in [-0.05, 0) is 37.2 Å². The Kier molecular flexibility index (Phi) is 5.03. The van der Waals surface area contributed by atoms with Gasteiger partial charge in [0.05, 0.1) is 11.8 Å². The van der Waals surface area contributed by atoms with Crippen LogP contribution in [0, 0.1) is 12.3 Å². The molecule has 1 saturated heterocycles. The van der Waals surface area contributed by atoms with Gasteiger partial charge in [-0.15, -0.1) is 0 Å². The summed E-state index contributed by atoms with van der Waals surface area (Å²) in [5, 5.41) is 7.04. The Labute approximate surface area is 155 Å². The number of carbonyl (C=O) groups is 1. The monoisotopic (exact) mass is 355 g/mol. The van der Waals surface area contributed by atoms with E-state index in [1.165, 1.54) is 6.42 Å². The van der Waals surface area contributed by atoms with Crippen molar-refractivity contribution in [1.82, 2.24) is 20.1 Å². The van der Waals surface area contributed by atoms with Crippen molar-refractivity contribution in [2.75, 3.05) is 25.0 Å². The summed E-state index contributed by atoms with van der Waals surface area (Å²) < 4.78 is 1.76. The van der Waals surface area contributed by atoms with Crippen LogP contribution in [0.3, 0.4) is 0 Å². The highest BCUT2D eigenvalue weighted by molar-refractivity contribution is 6.01. The molecule has 1 N–H and O–H groups in total. The molecular formula is C20H29N5O. The normalized spacial score (nSPS) is 17.0. The number of anilines is 1. The van der Waals surface area contributed by atoms with Gasteiger partial charge in [0.2, 0.25) is 0 Å². The van der Waals surface area contributed by atoms with E-state index in [0.717, 1.165) is 48.4 Å². The minimum absolute atomic E-state index is 0.0840. The van der Waals surface area contributed by atoms with Gasteiger partial charge >= 0.3 is 0 Å². The summed E-state index contributed by atoms with van der Waals surface area (Å²) in [6.07, 6.45) is 9.06. The number of nitrogens with one attached hydrogen (secondary N) is 1. The van der Waals surface area contributed by atoms with Gasteiger partial charge in [0, 0.05) is 50.7 Å². The highest BCUT2D eigenvalue weighted by atomic mass is 16.1. The lowest BCUT2D eigenvalue weighted by Crippen LogP contribution is -2.30. The lowest BCUT2D eigenvalue weighted by molar-refractivity contribution is 0.0962. The minimum Gasteiger partial charge on any atom is -0.356 e. The van der Waals surface area contributed by atoms with Crippen molar-refractivity contribution in [3.63, 3.8) is 0 Å². The third-order valence-electron chi connectivity index (χ3n) is 5.43. The van der Waals surface area contributed by atoms with Gasteiger partial charge in [0.1, 0.15) is 5.82 Å². The fourth-order valence-electron chi connectivity index (χ4n) is 3.71. The summed E-state index contributed by atoms with van der Waals surface area (Å²) in [7, 11) is 3.56. The van der Waals surface area contributed by atoms with Crippen LogP contribution in [0.15, 0.2) is 18.6 Å². The second-order valence-electron chi connectivity index (χ2n) is 7.98. The number of carbonyl (C=O) groups excluding carboxylic acids is 1. The van der Waals surface area contributed by atoms with E-state index in [1.807, 2.05) is 32.6 Å². The molecule has 140 valence electrons. The Morgan fingerprint density at radius 2 is 2.00 bits per heavy atom. The quantitative estimate of drug-likeness (QED) is 0.919. The van der Waals surface area contributed by atoms with Crippen LogP contribution in [0.1, 0.15) is 49.0 Å². The molecule has 0 saturated carbocycles. The number of pyridine rings is 1. The Hall–Kier alpha value is -2.37. The molecule has 0 atom stereocenters. The molecule has 3 rings (SSSR count). The van der Waals surface area contributed by atoms with Crippen LogP contribution in [-0.4, -0.2) is 40.8 Å². The molecule has 1 fully saturated rings. The third kappa shape index (κ3) is 3.59. The van der Waals surface area contributed by atoms with E-state index in [2.05, 4.69) is 29.2 Å². The first-order chi connectivity index (χ1) is 12.3. The summed E-state index contributed by atoms with van der Waals surface area (Å²) in [6.45, 7) is 8.50. The van der Waals surface area contributed by atoms with E-state index in [-0.39, 0.29) is 5.91 Å². The zero-order valence-corrected chi connectivity index (χ0v) is 16.5. The molecule has 6 heteroatoms. The fourth-order valence-corrected chi connectivity index (χ4v) is 3.71. The molecule has 1 aliphatic rings. The van der Waals surface area contributed by atoms with Crippen LogP contribution < -0.4 is 10.2 Å². The van der Waals surface area contributed by atoms with E-state index in [1.54, 1.807) is 11.7 Å². The van der Waals surface area contributed by atoms with Crippen LogP contribution in [0.5, 0.6) is 0 Å². The first-order valence-electron chi connectivity index (χ1n) is 9.28. The highest BCUT2D eigenvalue weighted by Gasteiger charge is 2.27. The lowest BCUT2D eigenvalue weighted by Gasteiger charge is -2.26. The van der Waals surface area contributed by atoms with Crippen molar-refractivity contribution in [2.45, 2.75) is 40.0 Å². The van der Waals surface area contributed by atoms with Crippen LogP contribution >= 0.6 is 0 Å². The Morgan fingerprint density at radius 1 is 1.23 bits per heavy atom. The van der Waals surface area contributed by atoms with E-state index < -0.39 is 0 Å².